The average molecular weight is 393 g/mol. The summed E-state index contributed by atoms with van der Waals surface area (Å²) in [7, 11) is -3.99. The van der Waals surface area contributed by atoms with Crippen LogP contribution in [0.5, 0.6) is 0 Å². The molecule has 0 aliphatic heterocycles. The topological polar surface area (TPSA) is 102 Å². The maximum Gasteiger partial charge on any atom is 0.289 e. The molecular formula is C11H7BrClN3O4S. The Morgan fingerprint density at radius 3 is 2.67 bits per heavy atom. The highest BCUT2D eigenvalue weighted by Gasteiger charge is 2.21. The maximum absolute atomic E-state index is 12.2. The number of sulfonamides is 1. The van der Waals surface area contributed by atoms with Crippen LogP contribution in [-0.2, 0) is 10.0 Å². The number of nitro groups is 1. The fourth-order valence-electron chi connectivity index (χ4n) is 1.47. The van der Waals surface area contributed by atoms with E-state index in [0.717, 1.165) is 12.1 Å². The molecule has 110 valence electrons. The van der Waals surface area contributed by atoms with Crippen molar-refractivity contribution < 1.29 is 13.3 Å². The molecule has 0 bridgehead atoms. The molecule has 1 heterocycles. The summed E-state index contributed by atoms with van der Waals surface area (Å²) < 4.78 is 27.0. The van der Waals surface area contributed by atoms with Gasteiger partial charge in [0.2, 0.25) is 0 Å². The zero-order valence-electron chi connectivity index (χ0n) is 10.2. The number of anilines is 1. The molecule has 0 radical (unpaired) electrons. The fourth-order valence-corrected chi connectivity index (χ4v) is 3.22. The van der Waals surface area contributed by atoms with Gasteiger partial charge in [-0.2, -0.15) is 0 Å². The van der Waals surface area contributed by atoms with Crippen molar-refractivity contribution in [1.29, 1.82) is 0 Å². The Morgan fingerprint density at radius 2 is 2.05 bits per heavy atom. The Bertz CT molecular complexity index is 813. The first kappa shape index (κ1) is 15.7. The molecule has 0 unspecified atom stereocenters. The van der Waals surface area contributed by atoms with Gasteiger partial charge >= 0.3 is 0 Å². The van der Waals surface area contributed by atoms with Crippen molar-refractivity contribution in [2.24, 2.45) is 0 Å². The number of benzene rings is 1. The number of halogens is 2. The molecule has 0 amide bonds. The van der Waals surface area contributed by atoms with Crippen LogP contribution >= 0.6 is 27.5 Å². The van der Waals surface area contributed by atoms with Crippen LogP contribution in [0.3, 0.4) is 0 Å². The number of nitro benzene ring substituents is 1. The summed E-state index contributed by atoms with van der Waals surface area (Å²) in [5, 5.41) is 10.7. The SMILES string of the molecule is O=[N+]([O-])c1cc(S(=O)(=O)Nc2cccnc2Br)ccc1Cl. The fraction of sp³-hybridized carbons (Fsp3) is 0. The molecule has 1 aromatic carbocycles. The highest BCUT2D eigenvalue weighted by atomic mass is 79.9. The van der Waals surface area contributed by atoms with Gasteiger partial charge in [-0.05, 0) is 40.2 Å². The maximum atomic E-state index is 12.2. The second-order valence-electron chi connectivity index (χ2n) is 3.82. The zero-order valence-corrected chi connectivity index (χ0v) is 13.3. The standard InChI is InChI=1S/C11H7BrClN3O4S/c12-11-9(2-1-5-14-11)15-21(19,20)7-3-4-8(13)10(6-7)16(17)18/h1-6,15H. The first-order valence-electron chi connectivity index (χ1n) is 5.38. The zero-order chi connectivity index (χ0) is 15.6. The second kappa shape index (κ2) is 5.96. The van der Waals surface area contributed by atoms with Crippen LogP contribution < -0.4 is 4.72 Å². The van der Waals surface area contributed by atoms with E-state index in [1.807, 2.05) is 0 Å². The summed E-state index contributed by atoms with van der Waals surface area (Å²) in [5.41, 5.74) is -0.264. The van der Waals surface area contributed by atoms with Crippen molar-refractivity contribution in [2.75, 3.05) is 4.72 Å². The third-order valence-electron chi connectivity index (χ3n) is 2.43. The monoisotopic (exact) mass is 391 g/mol. The van der Waals surface area contributed by atoms with Gasteiger partial charge in [0, 0.05) is 12.3 Å². The van der Waals surface area contributed by atoms with E-state index in [1.165, 1.54) is 18.3 Å². The van der Waals surface area contributed by atoms with Crippen LogP contribution in [0, 0.1) is 10.1 Å². The summed E-state index contributed by atoms with van der Waals surface area (Å²) in [4.78, 5) is 13.7. The van der Waals surface area contributed by atoms with E-state index in [-0.39, 0.29) is 15.6 Å². The van der Waals surface area contributed by atoms with E-state index in [4.69, 9.17) is 11.6 Å². The molecule has 21 heavy (non-hydrogen) atoms. The van der Waals surface area contributed by atoms with Crippen LogP contribution in [-0.4, -0.2) is 18.3 Å². The molecule has 0 aliphatic carbocycles. The molecule has 2 rings (SSSR count). The number of aromatic nitrogens is 1. The smallest absolute Gasteiger partial charge is 0.277 e. The molecule has 1 aromatic heterocycles. The molecule has 0 spiro atoms. The first-order valence-corrected chi connectivity index (χ1v) is 8.04. The Labute approximate surface area is 133 Å². The van der Waals surface area contributed by atoms with Crippen LogP contribution in [0.25, 0.3) is 0 Å². The number of pyridine rings is 1. The number of rotatable bonds is 4. The van der Waals surface area contributed by atoms with Gasteiger partial charge < -0.3 is 0 Å². The van der Waals surface area contributed by atoms with Gasteiger partial charge in [0.25, 0.3) is 15.7 Å². The van der Waals surface area contributed by atoms with Crippen LogP contribution in [0.15, 0.2) is 46.0 Å². The van der Waals surface area contributed by atoms with Gasteiger partial charge in [-0.15, -0.1) is 0 Å². The van der Waals surface area contributed by atoms with Gasteiger partial charge in [0.05, 0.1) is 15.5 Å². The first-order chi connectivity index (χ1) is 9.81. The summed E-state index contributed by atoms with van der Waals surface area (Å²) in [6.07, 6.45) is 1.48. The van der Waals surface area contributed by atoms with E-state index in [2.05, 4.69) is 25.6 Å². The van der Waals surface area contributed by atoms with Crippen LogP contribution in [0.4, 0.5) is 11.4 Å². The Morgan fingerprint density at radius 1 is 1.33 bits per heavy atom. The van der Waals surface area contributed by atoms with Crippen molar-refractivity contribution in [3.8, 4) is 0 Å². The Hall–Kier alpha value is -1.71. The van der Waals surface area contributed by atoms with Crippen LogP contribution in [0.1, 0.15) is 0 Å². The summed E-state index contributed by atoms with van der Waals surface area (Å²) >= 11 is 8.76. The lowest BCUT2D eigenvalue weighted by atomic mass is 10.3. The molecule has 0 saturated carbocycles. The van der Waals surface area contributed by atoms with E-state index in [1.54, 1.807) is 6.07 Å². The molecule has 0 saturated heterocycles. The second-order valence-corrected chi connectivity index (χ2v) is 6.66. The number of hydrogen-bond acceptors (Lipinski definition) is 5. The lowest BCUT2D eigenvalue weighted by Crippen LogP contribution is -2.13. The number of hydrogen-bond donors (Lipinski definition) is 1. The molecule has 0 atom stereocenters. The number of nitrogens with one attached hydrogen (secondary N) is 1. The third kappa shape index (κ3) is 3.49. The lowest BCUT2D eigenvalue weighted by Gasteiger charge is -2.09. The van der Waals surface area contributed by atoms with Crippen molar-refractivity contribution in [2.45, 2.75) is 4.90 Å². The van der Waals surface area contributed by atoms with Gasteiger partial charge in [-0.1, -0.05) is 11.6 Å². The molecule has 10 heteroatoms. The van der Waals surface area contributed by atoms with Crippen molar-refractivity contribution in [3.05, 3.63) is 56.3 Å². The largest absolute Gasteiger partial charge is 0.289 e. The minimum absolute atomic E-state index is 0.137. The molecule has 0 aliphatic rings. The molecular weight excluding hydrogens is 386 g/mol. The van der Waals surface area contributed by atoms with Crippen LogP contribution in [0.2, 0.25) is 5.02 Å². The van der Waals surface area contributed by atoms with Crippen molar-refractivity contribution in [1.82, 2.24) is 4.98 Å². The van der Waals surface area contributed by atoms with Gasteiger partial charge in [0.1, 0.15) is 9.63 Å². The normalized spacial score (nSPS) is 11.1. The van der Waals surface area contributed by atoms with E-state index in [0.29, 0.717) is 4.60 Å². The van der Waals surface area contributed by atoms with Gasteiger partial charge in [-0.3, -0.25) is 14.8 Å². The quantitative estimate of drug-likeness (QED) is 0.489. The molecule has 1 N–H and O–H groups in total. The minimum atomic E-state index is -3.99. The Kier molecular flexibility index (Phi) is 4.45. The molecule has 7 nitrogen and oxygen atoms in total. The number of nitrogens with zero attached hydrogens (tertiary/aromatic N) is 2. The van der Waals surface area contributed by atoms with E-state index < -0.39 is 20.6 Å². The van der Waals surface area contributed by atoms with Gasteiger partial charge in [0.15, 0.2) is 0 Å². The Balaban J connectivity index is 2.43. The van der Waals surface area contributed by atoms with Crippen molar-refractivity contribution in [3.63, 3.8) is 0 Å². The third-order valence-corrected chi connectivity index (χ3v) is 4.74. The highest BCUT2D eigenvalue weighted by Crippen LogP contribution is 2.29. The predicted octanol–water partition coefficient (Wildman–Crippen LogP) is 3.21. The summed E-state index contributed by atoms with van der Waals surface area (Å²) in [6, 6.07) is 6.29. The molecule has 0 fully saturated rings. The summed E-state index contributed by atoms with van der Waals surface area (Å²) in [6.45, 7) is 0. The predicted molar refractivity (Wildman–Crippen MR) is 80.9 cm³/mol. The van der Waals surface area contributed by atoms with E-state index in [9.17, 15) is 18.5 Å². The minimum Gasteiger partial charge on any atom is -0.277 e. The average Bonchev–Trinajstić information content (AvgIpc) is 2.41. The van der Waals surface area contributed by atoms with Gasteiger partial charge in [-0.25, -0.2) is 13.4 Å². The lowest BCUT2D eigenvalue weighted by molar-refractivity contribution is -0.384. The molecule has 2 aromatic rings. The summed E-state index contributed by atoms with van der Waals surface area (Å²) in [5.74, 6) is 0. The highest BCUT2D eigenvalue weighted by molar-refractivity contribution is 9.10. The van der Waals surface area contributed by atoms with Crippen molar-refractivity contribution >= 4 is 48.9 Å². The van der Waals surface area contributed by atoms with E-state index >= 15 is 0 Å².